The molecule has 3 N–H and O–H groups in total. The minimum Gasteiger partial charge on any atom is -0.384 e. The van der Waals surface area contributed by atoms with Gasteiger partial charge < -0.3 is 10.7 Å². The number of nitrogens with zero attached hydrogens (tertiary/aromatic N) is 1. The average molecular weight is 239 g/mol. The Labute approximate surface area is 102 Å². The van der Waals surface area contributed by atoms with E-state index in [1.165, 1.54) is 4.88 Å². The first-order chi connectivity index (χ1) is 8.29. The van der Waals surface area contributed by atoms with Crippen LogP contribution in [0.25, 0.3) is 21.3 Å². The fourth-order valence-corrected chi connectivity index (χ4v) is 2.65. The van der Waals surface area contributed by atoms with E-state index < -0.39 is 0 Å². The third-order valence-electron chi connectivity index (χ3n) is 2.75. The minimum atomic E-state index is 0.436. The molecule has 0 amide bonds. The topological polar surface area (TPSA) is 65.6 Å². The van der Waals surface area contributed by atoms with Crippen molar-refractivity contribution in [3.63, 3.8) is 0 Å². The van der Waals surface area contributed by atoms with Crippen LogP contribution in [0.2, 0.25) is 0 Å². The first-order valence-electron chi connectivity index (χ1n) is 5.15. The van der Waals surface area contributed by atoms with Gasteiger partial charge in [0.25, 0.3) is 0 Å². The molecule has 0 saturated carbocycles. The zero-order chi connectivity index (χ0) is 11.8. The van der Waals surface area contributed by atoms with Crippen LogP contribution in [0.5, 0.6) is 0 Å². The molecule has 0 bridgehead atoms. The maximum atomic E-state index is 9.08. The van der Waals surface area contributed by atoms with E-state index in [1.807, 2.05) is 29.6 Å². The molecule has 3 aromatic rings. The quantitative estimate of drug-likeness (QED) is 0.684. The normalized spacial score (nSPS) is 10.5. The highest BCUT2D eigenvalue weighted by Gasteiger charge is 2.09. The fourth-order valence-electron chi connectivity index (χ4n) is 1.93. The number of hydrogen-bond acceptors (Lipinski definition) is 3. The molecule has 0 aliphatic carbocycles. The summed E-state index contributed by atoms with van der Waals surface area (Å²) < 4.78 is 0. The maximum Gasteiger partial charge on any atom is 0.119 e. The van der Waals surface area contributed by atoms with Crippen LogP contribution in [0, 0.1) is 11.3 Å². The van der Waals surface area contributed by atoms with Crippen molar-refractivity contribution < 1.29 is 0 Å². The molecule has 0 fully saturated rings. The van der Waals surface area contributed by atoms with Gasteiger partial charge in [-0.25, -0.2) is 0 Å². The van der Waals surface area contributed by atoms with Crippen molar-refractivity contribution in [2.24, 2.45) is 0 Å². The van der Waals surface area contributed by atoms with E-state index in [0.717, 1.165) is 16.5 Å². The van der Waals surface area contributed by atoms with Crippen LogP contribution in [-0.4, -0.2) is 4.98 Å². The van der Waals surface area contributed by atoms with Gasteiger partial charge in [-0.05, 0) is 29.1 Å². The molecular formula is C13H9N3S. The second kappa shape index (κ2) is 3.65. The Kier molecular flexibility index (Phi) is 2.13. The van der Waals surface area contributed by atoms with Crippen molar-refractivity contribution in [1.29, 1.82) is 5.26 Å². The minimum absolute atomic E-state index is 0.436. The summed E-state index contributed by atoms with van der Waals surface area (Å²) in [5.74, 6) is 0.436. The van der Waals surface area contributed by atoms with Gasteiger partial charge in [0.05, 0.1) is 0 Å². The number of nitrogen functional groups attached to an aromatic ring is 1. The van der Waals surface area contributed by atoms with Gasteiger partial charge in [-0.15, -0.1) is 11.3 Å². The Bertz CT molecular complexity index is 717. The van der Waals surface area contributed by atoms with Gasteiger partial charge in [0.2, 0.25) is 0 Å². The lowest BCUT2D eigenvalue weighted by atomic mass is 10.1. The number of anilines is 1. The number of rotatable bonds is 1. The van der Waals surface area contributed by atoms with Crippen LogP contribution in [-0.2, 0) is 0 Å². The zero-order valence-electron chi connectivity index (χ0n) is 8.90. The number of benzene rings is 1. The predicted octanol–water partition coefficient (Wildman–Crippen LogP) is 3.35. The Morgan fingerprint density at radius 2 is 2.18 bits per heavy atom. The molecule has 4 heteroatoms. The van der Waals surface area contributed by atoms with Crippen molar-refractivity contribution in [2.75, 3.05) is 5.73 Å². The summed E-state index contributed by atoms with van der Waals surface area (Å²) in [6, 6.07) is 12.2. The van der Waals surface area contributed by atoms with Crippen LogP contribution < -0.4 is 5.73 Å². The predicted molar refractivity (Wildman–Crippen MR) is 70.7 cm³/mol. The maximum absolute atomic E-state index is 9.08. The number of nitriles is 1. The molecule has 17 heavy (non-hydrogen) atoms. The lowest BCUT2D eigenvalue weighted by Crippen LogP contribution is -1.86. The van der Waals surface area contributed by atoms with Crippen molar-refractivity contribution in [2.45, 2.75) is 0 Å². The molecule has 0 saturated heterocycles. The molecule has 3 rings (SSSR count). The van der Waals surface area contributed by atoms with E-state index in [0.29, 0.717) is 11.4 Å². The van der Waals surface area contributed by atoms with Gasteiger partial charge in [0.15, 0.2) is 0 Å². The molecule has 1 aromatic carbocycles. The lowest BCUT2D eigenvalue weighted by Gasteiger charge is -1.97. The molecular weight excluding hydrogens is 230 g/mol. The Hall–Kier alpha value is -2.25. The monoisotopic (exact) mass is 239 g/mol. The van der Waals surface area contributed by atoms with E-state index in [2.05, 4.69) is 17.1 Å². The summed E-state index contributed by atoms with van der Waals surface area (Å²) in [4.78, 5) is 4.20. The average Bonchev–Trinajstić information content (AvgIpc) is 2.93. The van der Waals surface area contributed by atoms with Gasteiger partial charge in [-0.3, -0.25) is 0 Å². The summed E-state index contributed by atoms with van der Waals surface area (Å²) in [6.07, 6.45) is 0. The molecule has 0 atom stereocenters. The summed E-state index contributed by atoms with van der Waals surface area (Å²) in [5, 5.41) is 12.0. The van der Waals surface area contributed by atoms with Gasteiger partial charge in [0, 0.05) is 15.8 Å². The van der Waals surface area contributed by atoms with E-state index in [9.17, 15) is 0 Å². The molecule has 0 unspecified atom stereocenters. The summed E-state index contributed by atoms with van der Waals surface area (Å²) in [7, 11) is 0. The van der Waals surface area contributed by atoms with Crippen LogP contribution >= 0.6 is 11.3 Å². The first kappa shape index (κ1) is 9.94. The number of fused-ring (bicyclic) bond motifs is 1. The highest BCUT2D eigenvalue weighted by molar-refractivity contribution is 7.13. The number of nitrogens with one attached hydrogen (secondary N) is 1. The molecule has 82 valence electrons. The number of thiophene rings is 1. The van der Waals surface area contributed by atoms with Crippen LogP contribution in [0.1, 0.15) is 5.56 Å². The van der Waals surface area contributed by atoms with Crippen molar-refractivity contribution in [3.05, 3.63) is 41.3 Å². The van der Waals surface area contributed by atoms with Crippen LogP contribution in [0.4, 0.5) is 5.82 Å². The highest BCUT2D eigenvalue weighted by Crippen LogP contribution is 2.30. The third kappa shape index (κ3) is 1.49. The summed E-state index contributed by atoms with van der Waals surface area (Å²) in [6.45, 7) is 0. The van der Waals surface area contributed by atoms with E-state index >= 15 is 0 Å². The Balaban J connectivity index is 2.29. The van der Waals surface area contributed by atoms with Gasteiger partial charge >= 0.3 is 0 Å². The smallest absolute Gasteiger partial charge is 0.119 e. The Morgan fingerprint density at radius 3 is 2.88 bits per heavy atom. The number of aromatic amines is 1. The summed E-state index contributed by atoms with van der Waals surface area (Å²) >= 11 is 1.68. The van der Waals surface area contributed by atoms with Crippen LogP contribution in [0.3, 0.4) is 0 Å². The Morgan fingerprint density at radius 1 is 1.29 bits per heavy atom. The third-order valence-corrected chi connectivity index (χ3v) is 3.66. The van der Waals surface area contributed by atoms with Crippen molar-refractivity contribution in [1.82, 2.24) is 4.98 Å². The molecule has 0 spiro atoms. The molecule has 0 aliphatic rings. The zero-order valence-corrected chi connectivity index (χ0v) is 9.71. The number of H-pyrrole nitrogens is 1. The van der Waals surface area contributed by atoms with E-state index in [-0.39, 0.29) is 0 Å². The van der Waals surface area contributed by atoms with Crippen molar-refractivity contribution >= 4 is 28.1 Å². The molecule has 2 heterocycles. The van der Waals surface area contributed by atoms with Gasteiger partial charge in [-0.1, -0.05) is 12.1 Å². The fraction of sp³-hybridized carbons (Fsp3) is 0. The molecule has 0 aliphatic heterocycles. The molecule has 2 aromatic heterocycles. The van der Waals surface area contributed by atoms with Gasteiger partial charge in [0.1, 0.15) is 17.5 Å². The van der Waals surface area contributed by atoms with Crippen LogP contribution in [0.15, 0.2) is 35.7 Å². The number of hydrogen-bond donors (Lipinski definition) is 2. The van der Waals surface area contributed by atoms with E-state index in [1.54, 1.807) is 11.3 Å². The largest absolute Gasteiger partial charge is 0.384 e. The number of nitrogens with two attached hydrogens (primary N) is 1. The summed E-state index contributed by atoms with van der Waals surface area (Å²) in [5.41, 5.74) is 8.30. The van der Waals surface area contributed by atoms with E-state index in [4.69, 9.17) is 11.0 Å². The lowest BCUT2D eigenvalue weighted by molar-refractivity contribution is 1.45. The highest BCUT2D eigenvalue weighted by atomic mass is 32.1. The second-order valence-electron chi connectivity index (χ2n) is 3.76. The second-order valence-corrected chi connectivity index (χ2v) is 4.71. The first-order valence-corrected chi connectivity index (χ1v) is 6.03. The van der Waals surface area contributed by atoms with Gasteiger partial charge in [-0.2, -0.15) is 5.26 Å². The van der Waals surface area contributed by atoms with Crippen molar-refractivity contribution in [3.8, 4) is 16.5 Å². The number of aromatic nitrogens is 1. The standard InChI is InChI=1S/C13H9N3S/c14-7-10-9-6-8(12-2-1-5-17-12)3-4-11(9)16-13(10)15/h1-6,16H,15H2. The molecule has 3 nitrogen and oxygen atoms in total. The SMILES string of the molecule is N#Cc1c(N)[nH]c2ccc(-c3cccs3)cc12. The molecule has 0 radical (unpaired) electrons.